The van der Waals surface area contributed by atoms with Gasteiger partial charge in [-0.25, -0.2) is 4.79 Å². The van der Waals surface area contributed by atoms with Gasteiger partial charge < -0.3 is 9.47 Å². The summed E-state index contributed by atoms with van der Waals surface area (Å²) in [6, 6.07) is 6.80. The van der Waals surface area contributed by atoms with Crippen LogP contribution in [0, 0.1) is 0 Å². The van der Waals surface area contributed by atoms with E-state index >= 15 is 0 Å². The van der Waals surface area contributed by atoms with Crippen LogP contribution in [0.4, 0.5) is 4.79 Å². The molecule has 2 atom stereocenters. The fourth-order valence-corrected chi connectivity index (χ4v) is 1.50. The van der Waals surface area contributed by atoms with Crippen LogP contribution in [-0.2, 0) is 9.47 Å². The summed E-state index contributed by atoms with van der Waals surface area (Å²) in [5, 5.41) is 0. The van der Waals surface area contributed by atoms with Crippen molar-refractivity contribution in [3.63, 3.8) is 0 Å². The van der Waals surface area contributed by atoms with Gasteiger partial charge >= 0.3 is 6.16 Å². The van der Waals surface area contributed by atoms with Crippen LogP contribution < -0.4 is 0 Å². The highest BCUT2D eigenvalue weighted by molar-refractivity contribution is 9.10. The maximum Gasteiger partial charge on any atom is 0.509 e. The molecule has 0 spiro atoms. The monoisotopic (exact) mass is 244 g/mol. The number of benzene rings is 1. The summed E-state index contributed by atoms with van der Waals surface area (Å²) in [6.45, 7) is -1.37. The quantitative estimate of drug-likeness (QED) is 0.713. The summed E-state index contributed by atoms with van der Waals surface area (Å²) >= 11 is 3.24. The summed E-state index contributed by atoms with van der Waals surface area (Å²) in [5.74, 6) is 0. The highest BCUT2D eigenvalue weighted by Gasteiger charge is 2.27. The lowest BCUT2D eigenvalue weighted by Crippen LogP contribution is -2.00. The second kappa shape index (κ2) is 3.38. The Morgan fingerprint density at radius 3 is 3.00 bits per heavy atom. The third-order valence-electron chi connectivity index (χ3n) is 1.59. The molecule has 1 aromatic carbocycles. The molecule has 0 saturated carbocycles. The zero-order valence-electron chi connectivity index (χ0n) is 8.49. The number of carbonyl (C=O) groups excluding carboxylic acids is 1. The van der Waals surface area contributed by atoms with E-state index in [1.54, 1.807) is 24.3 Å². The van der Waals surface area contributed by atoms with E-state index in [9.17, 15) is 4.79 Å². The van der Waals surface area contributed by atoms with Gasteiger partial charge in [-0.3, -0.25) is 0 Å². The second-order valence-corrected chi connectivity index (χ2v) is 3.29. The first-order valence-corrected chi connectivity index (χ1v) is 4.40. The van der Waals surface area contributed by atoms with Crippen molar-refractivity contribution in [3.05, 3.63) is 34.3 Å². The van der Waals surface area contributed by atoms with Crippen LogP contribution >= 0.6 is 15.9 Å². The minimum absolute atomic E-state index is 0.399. The van der Waals surface area contributed by atoms with Gasteiger partial charge in [0.05, 0.1) is 2.74 Å². The van der Waals surface area contributed by atoms with Gasteiger partial charge in [0, 0.05) is 10.0 Å². The van der Waals surface area contributed by atoms with Crippen molar-refractivity contribution in [3.8, 4) is 0 Å². The van der Waals surface area contributed by atoms with E-state index in [1.165, 1.54) is 0 Å². The first-order chi connectivity index (χ1) is 7.04. The summed E-state index contributed by atoms with van der Waals surface area (Å²) < 4.78 is 25.2. The number of hydrogen-bond acceptors (Lipinski definition) is 3. The average Bonchev–Trinajstić information content (AvgIpc) is 2.42. The molecule has 0 bridgehead atoms. The topological polar surface area (TPSA) is 35.5 Å². The average molecular weight is 245 g/mol. The molecule has 1 aromatic rings. The molecule has 68 valence electrons. The van der Waals surface area contributed by atoms with E-state index in [-0.39, 0.29) is 0 Å². The largest absolute Gasteiger partial charge is 0.509 e. The van der Waals surface area contributed by atoms with Crippen LogP contribution in [0.2, 0.25) is 0 Å². The summed E-state index contributed by atoms with van der Waals surface area (Å²) in [7, 11) is 0. The van der Waals surface area contributed by atoms with Gasteiger partial charge in [0.15, 0.2) is 6.08 Å². The Labute approximate surface area is 86.6 Å². The van der Waals surface area contributed by atoms with Crippen molar-refractivity contribution in [2.24, 2.45) is 0 Å². The number of carbonyl (C=O) groups is 1. The van der Waals surface area contributed by atoms with Crippen molar-refractivity contribution < 1.29 is 17.0 Å². The fraction of sp³-hybridized carbons (Fsp3) is 0.222. The van der Waals surface area contributed by atoms with E-state index in [4.69, 9.17) is 7.48 Å². The molecule has 2 rings (SSSR count). The molecule has 3 nitrogen and oxygen atoms in total. The molecule has 0 N–H and O–H groups in total. The molecule has 1 aliphatic heterocycles. The Morgan fingerprint density at radius 1 is 1.62 bits per heavy atom. The number of cyclic esters (lactones) is 2. The van der Waals surface area contributed by atoms with Gasteiger partial charge in [-0.05, 0) is 6.07 Å². The van der Waals surface area contributed by atoms with Crippen LogP contribution in [0.5, 0.6) is 0 Å². The zero-order valence-corrected chi connectivity index (χ0v) is 8.08. The van der Waals surface area contributed by atoms with E-state index in [1.807, 2.05) is 0 Å². The van der Waals surface area contributed by atoms with Crippen molar-refractivity contribution >= 4 is 22.1 Å². The van der Waals surface area contributed by atoms with E-state index in [0.717, 1.165) is 0 Å². The molecule has 0 amide bonds. The number of rotatable bonds is 1. The molecule has 0 radical (unpaired) electrons. The van der Waals surface area contributed by atoms with Gasteiger partial charge in [0.25, 0.3) is 0 Å². The predicted molar refractivity (Wildman–Crippen MR) is 49.3 cm³/mol. The van der Waals surface area contributed by atoms with Gasteiger partial charge in [-0.1, -0.05) is 34.1 Å². The van der Waals surface area contributed by atoms with E-state index < -0.39 is 18.8 Å². The van der Waals surface area contributed by atoms with Crippen molar-refractivity contribution in [2.45, 2.75) is 6.08 Å². The first kappa shape index (κ1) is 6.43. The Morgan fingerprint density at radius 2 is 2.38 bits per heavy atom. The van der Waals surface area contributed by atoms with Crippen molar-refractivity contribution in [2.75, 3.05) is 6.58 Å². The van der Waals surface area contributed by atoms with Gasteiger partial charge in [-0.2, -0.15) is 0 Å². The van der Waals surface area contributed by atoms with Crippen LogP contribution in [0.3, 0.4) is 0 Å². The summed E-state index contributed by atoms with van der Waals surface area (Å²) in [6.07, 6.45) is -2.78. The summed E-state index contributed by atoms with van der Waals surface area (Å²) in [4.78, 5) is 10.9. The first-order valence-electron chi connectivity index (χ1n) is 4.68. The lowest BCUT2D eigenvalue weighted by Gasteiger charge is -2.07. The summed E-state index contributed by atoms with van der Waals surface area (Å²) in [5.41, 5.74) is 0.399. The normalized spacial score (nSPS) is 34.5. The zero-order chi connectivity index (χ0) is 11.1. The lowest BCUT2D eigenvalue weighted by molar-refractivity contribution is 0.118. The number of hydrogen-bond donors (Lipinski definition) is 0. The molecular formula is C9H7BrO3. The van der Waals surface area contributed by atoms with Crippen LogP contribution in [0.1, 0.15) is 14.4 Å². The Hall–Kier alpha value is -1.03. The third kappa shape index (κ3) is 1.67. The second-order valence-electron chi connectivity index (χ2n) is 2.43. The SMILES string of the molecule is [2H]C1OC(=O)OC1([2H])c1ccccc1Br. The predicted octanol–water partition coefficient (Wildman–Crippen LogP) is 2.66. The molecular weight excluding hydrogens is 236 g/mol. The van der Waals surface area contributed by atoms with E-state index in [2.05, 4.69) is 20.7 Å². The lowest BCUT2D eigenvalue weighted by atomic mass is 10.1. The van der Waals surface area contributed by atoms with Gasteiger partial charge in [-0.15, -0.1) is 0 Å². The molecule has 1 aliphatic rings. The van der Waals surface area contributed by atoms with E-state index in [0.29, 0.717) is 10.0 Å². The van der Waals surface area contributed by atoms with Crippen molar-refractivity contribution in [1.82, 2.24) is 0 Å². The standard InChI is InChI=1S/C9H7BrO3/c10-7-4-2-1-3-6(7)8-5-12-9(11)13-8/h1-4,8H,5H2/i5D,8D. The third-order valence-corrected chi connectivity index (χ3v) is 2.29. The van der Waals surface area contributed by atoms with Crippen LogP contribution in [0.15, 0.2) is 28.7 Å². The number of ether oxygens (including phenoxy) is 2. The molecule has 1 saturated heterocycles. The maximum absolute atomic E-state index is 10.9. The highest BCUT2D eigenvalue weighted by Crippen LogP contribution is 2.29. The minimum atomic E-state index is -1.79. The van der Waals surface area contributed by atoms with Gasteiger partial charge in [0.1, 0.15) is 6.58 Å². The molecule has 0 aliphatic carbocycles. The van der Waals surface area contributed by atoms with Crippen LogP contribution in [-0.4, -0.2) is 12.7 Å². The smallest absolute Gasteiger partial charge is 0.430 e. The molecule has 1 fully saturated rings. The molecule has 13 heavy (non-hydrogen) atoms. The molecule has 2 unspecified atom stereocenters. The molecule has 4 heteroatoms. The Kier molecular flexibility index (Phi) is 1.67. The fourth-order valence-electron chi connectivity index (χ4n) is 1.02. The van der Waals surface area contributed by atoms with Gasteiger partial charge in [0.2, 0.25) is 0 Å². The minimum Gasteiger partial charge on any atom is -0.430 e. The maximum atomic E-state index is 10.9. The van der Waals surface area contributed by atoms with Crippen LogP contribution in [0.25, 0.3) is 0 Å². The molecule has 1 heterocycles. The Balaban J connectivity index is 2.46. The van der Waals surface area contributed by atoms with Crippen molar-refractivity contribution in [1.29, 1.82) is 0 Å². The highest BCUT2D eigenvalue weighted by atomic mass is 79.9. The number of halogens is 1. The molecule has 0 aromatic heterocycles. The Bertz CT molecular complexity index is 412.